The zero-order valence-electron chi connectivity index (χ0n) is 19.6. The van der Waals surface area contributed by atoms with Gasteiger partial charge in [-0.2, -0.15) is 0 Å². The average Bonchev–Trinajstić information content (AvgIpc) is 2.84. The van der Waals surface area contributed by atoms with E-state index >= 15 is 0 Å². The summed E-state index contributed by atoms with van der Waals surface area (Å²) in [6.07, 6.45) is 0.132. The second kappa shape index (κ2) is 10.3. The van der Waals surface area contributed by atoms with E-state index in [4.69, 9.17) is 10.5 Å². The summed E-state index contributed by atoms with van der Waals surface area (Å²) >= 11 is 0. The fourth-order valence-corrected chi connectivity index (χ4v) is 4.53. The molecule has 1 aliphatic rings. The molecule has 3 aromatic rings. The monoisotopic (exact) mass is 497 g/mol. The topological polar surface area (TPSA) is 84.7 Å². The van der Waals surface area contributed by atoms with Crippen LogP contribution in [0, 0.1) is 17.5 Å². The maximum Gasteiger partial charge on any atom is 0.411 e. The van der Waals surface area contributed by atoms with Crippen molar-refractivity contribution in [3.8, 4) is 11.1 Å². The Morgan fingerprint density at radius 3 is 2.33 bits per heavy atom. The number of cyclic esters (lactones) is 1. The van der Waals surface area contributed by atoms with E-state index in [1.54, 1.807) is 41.3 Å². The minimum atomic E-state index is -1.05. The Bertz CT molecular complexity index is 1250. The van der Waals surface area contributed by atoms with Crippen LogP contribution in [-0.2, 0) is 10.3 Å². The van der Waals surface area contributed by atoms with Crippen LogP contribution in [-0.4, -0.2) is 30.1 Å². The number of amides is 3. The first-order valence-corrected chi connectivity index (χ1v) is 11.5. The molecule has 0 aliphatic carbocycles. The van der Waals surface area contributed by atoms with Crippen molar-refractivity contribution >= 4 is 12.1 Å². The highest BCUT2D eigenvalue weighted by molar-refractivity contribution is 5.72. The molecule has 0 saturated carbocycles. The van der Waals surface area contributed by atoms with Gasteiger partial charge in [-0.15, -0.1) is 0 Å². The van der Waals surface area contributed by atoms with Gasteiger partial charge in [-0.25, -0.2) is 22.8 Å². The lowest BCUT2D eigenvalue weighted by Crippen LogP contribution is -2.50. The third kappa shape index (κ3) is 5.30. The minimum absolute atomic E-state index is 0.178. The Kier molecular flexibility index (Phi) is 7.19. The highest BCUT2D eigenvalue weighted by Crippen LogP contribution is 2.39. The zero-order valence-corrected chi connectivity index (χ0v) is 19.6. The molecule has 0 radical (unpaired) electrons. The third-order valence-electron chi connectivity index (χ3n) is 6.57. The molecule has 188 valence electrons. The molecule has 2 unspecified atom stereocenters. The summed E-state index contributed by atoms with van der Waals surface area (Å²) in [4.78, 5) is 25.9. The maximum atomic E-state index is 14.1. The number of ether oxygens (including phenoxy) is 1. The van der Waals surface area contributed by atoms with E-state index in [0.29, 0.717) is 24.1 Å². The molecule has 0 aromatic heterocycles. The zero-order chi connectivity index (χ0) is 25.9. The molecule has 3 aromatic carbocycles. The number of rotatable bonds is 7. The number of hydrogen-bond acceptors (Lipinski definition) is 3. The number of nitrogens with one attached hydrogen (secondary N) is 1. The van der Waals surface area contributed by atoms with Crippen LogP contribution in [0.15, 0.2) is 66.7 Å². The Hall–Kier alpha value is -4.01. The van der Waals surface area contributed by atoms with Gasteiger partial charge in [0.05, 0.1) is 6.04 Å². The quantitative estimate of drug-likeness (QED) is 0.444. The lowest BCUT2D eigenvalue weighted by Gasteiger charge is -2.43. The van der Waals surface area contributed by atoms with Crippen LogP contribution >= 0.6 is 0 Å². The summed E-state index contributed by atoms with van der Waals surface area (Å²) in [5.41, 5.74) is 6.42. The first-order valence-electron chi connectivity index (χ1n) is 11.5. The van der Waals surface area contributed by atoms with Gasteiger partial charge in [0.2, 0.25) is 0 Å². The summed E-state index contributed by atoms with van der Waals surface area (Å²) in [6, 6.07) is 15.1. The molecule has 6 nitrogen and oxygen atoms in total. The highest BCUT2D eigenvalue weighted by Gasteiger charge is 2.43. The molecule has 1 heterocycles. The number of nitrogens with two attached hydrogens (primary N) is 1. The molecule has 3 N–H and O–H groups in total. The summed E-state index contributed by atoms with van der Waals surface area (Å²) in [5.74, 6) is -1.71. The van der Waals surface area contributed by atoms with Crippen molar-refractivity contribution in [3.05, 3.63) is 95.3 Å². The largest absolute Gasteiger partial charge is 0.438 e. The van der Waals surface area contributed by atoms with Gasteiger partial charge >= 0.3 is 12.1 Å². The smallest absolute Gasteiger partial charge is 0.411 e. The first-order chi connectivity index (χ1) is 17.2. The van der Waals surface area contributed by atoms with Gasteiger partial charge in [0, 0.05) is 37.6 Å². The van der Waals surface area contributed by atoms with Gasteiger partial charge in [0.15, 0.2) is 0 Å². The fraction of sp³-hybridized carbons (Fsp3) is 0.259. The predicted octanol–water partition coefficient (Wildman–Crippen LogP) is 5.63. The normalized spacial score (nSPS) is 18.4. The molecule has 2 atom stereocenters. The third-order valence-corrected chi connectivity index (χ3v) is 6.57. The van der Waals surface area contributed by atoms with Gasteiger partial charge in [-0.3, -0.25) is 0 Å². The number of urea groups is 1. The number of benzene rings is 3. The average molecular weight is 498 g/mol. The van der Waals surface area contributed by atoms with Crippen LogP contribution in [0.5, 0.6) is 0 Å². The van der Waals surface area contributed by atoms with E-state index in [1.165, 1.54) is 24.3 Å². The molecule has 1 aliphatic heterocycles. The van der Waals surface area contributed by atoms with Crippen molar-refractivity contribution in [2.24, 2.45) is 5.73 Å². The number of nitrogens with zero attached hydrogens (tertiary/aromatic N) is 1. The molecule has 9 heteroatoms. The summed E-state index contributed by atoms with van der Waals surface area (Å²) in [6.45, 7) is 2.38. The molecule has 4 rings (SSSR count). The van der Waals surface area contributed by atoms with E-state index in [2.05, 4.69) is 5.32 Å². The number of primary amides is 1. The van der Waals surface area contributed by atoms with E-state index < -0.39 is 35.2 Å². The standard InChI is InChI=1S/C27H26F3N3O3/c1-17(18-2-4-19(5-3-18)23-11-10-22(29)16-24(23)30)33-15-13-27(36-26(33)35,12-14-32-25(31)34)20-6-8-21(28)9-7-20/h2-11,16-17H,12-15H2,1H3,(H3,31,32,34). The molecule has 0 spiro atoms. The van der Waals surface area contributed by atoms with Crippen molar-refractivity contribution in [2.75, 3.05) is 13.1 Å². The number of halogens is 3. The number of hydrogen-bond donors (Lipinski definition) is 2. The van der Waals surface area contributed by atoms with Crippen molar-refractivity contribution < 1.29 is 27.5 Å². The molecule has 1 fully saturated rings. The van der Waals surface area contributed by atoms with Gasteiger partial charge in [-0.05, 0) is 47.9 Å². The van der Waals surface area contributed by atoms with Gasteiger partial charge < -0.3 is 20.7 Å². The summed E-state index contributed by atoms with van der Waals surface area (Å²) in [5, 5.41) is 2.51. The van der Waals surface area contributed by atoms with Crippen molar-refractivity contribution in [3.63, 3.8) is 0 Å². The lowest BCUT2D eigenvalue weighted by atomic mass is 9.85. The molecule has 0 bridgehead atoms. The first kappa shape index (κ1) is 25.1. The van der Waals surface area contributed by atoms with E-state index in [-0.39, 0.29) is 24.6 Å². The Morgan fingerprint density at radius 2 is 1.72 bits per heavy atom. The van der Waals surface area contributed by atoms with E-state index in [1.807, 2.05) is 6.92 Å². The molecule has 36 heavy (non-hydrogen) atoms. The second-order valence-electron chi connectivity index (χ2n) is 8.78. The fourth-order valence-electron chi connectivity index (χ4n) is 4.53. The van der Waals surface area contributed by atoms with Crippen LogP contribution in [0.25, 0.3) is 11.1 Å². The molecular formula is C27H26F3N3O3. The second-order valence-corrected chi connectivity index (χ2v) is 8.78. The molecular weight excluding hydrogens is 471 g/mol. The predicted molar refractivity (Wildman–Crippen MR) is 128 cm³/mol. The number of carbonyl (C=O) groups excluding carboxylic acids is 2. The lowest BCUT2D eigenvalue weighted by molar-refractivity contribution is -0.0646. The SMILES string of the molecule is CC(c1ccc(-c2ccc(F)cc2F)cc1)N1CCC(CCNC(N)=O)(c2ccc(F)cc2)OC1=O. The van der Waals surface area contributed by atoms with Crippen LogP contribution in [0.2, 0.25) is 0 Å². The van der Waals surface area contributed by atoms with Crippen molar-refractivity contribution in [1.82, 2.24) is 10.2 Å². The van der Waals surface area contributed by atoms with Gasteiger partial charge in [0.1, 0.15) is 23.1 Å². The summed E-state index contributed by atoms with van der Waals surface area (Å²) in [7, 11) is 0. The van der Waals surface area contributed by atoms with Gasteiger partial charge in [-0.1, -0.05) is 36.4 Å². The molecule has 3 amide bonds. The highest BCUT2D eigenvalue weighted by atomic mass is 19.1. The van der Waals surface area contributed by atoms with E-state index in [0.717, 1.165) is 11.6 Å². The molecule has 1 saturated heterocycles. The Morgan fingerprint density at radius 1 is 1.06 bits per heavy atom. The van der Waals surface area contributed by atoms with Crippen molar-refractivity contribution in [2.45, 2.75) is 31.4 Å². The van der Waals surface area contributed by atoms with Gasteiger partial charge in [0.25, 0.3) is 0 Å². The van der Waals surface area contributed by atoms with Crippen LogP contribution in [0.1, 0.15) is 36.9 Å². The Balaban J connectivity index is 1.51. The maximum absolute atomic E-state index is 14.1. The van der Waals surface area contributed by atoms with Crippen LogP contribution < -0.4 is 11.1 Å². The number of carbonyl (C=O) groups is 2. The minimum Gasteiger partial charge on any atom is -0.438 e. The van der Waals surface area contributed by atoms with E-state index in [9.17, 15) is 22.8 Å². The Labute approximate surface area is 206 Å². The van der Waals surface area contributed by atoms with Crippen LogP contribution in [0.3, 0.4) is 0 Å². The van der Waals surface area contributed by atoms with Crippen molar-refractivity contribution in [1.29, 1.82) is 0 Å². The summed E-state index contributed by atoms with van der Waals surface area (Å²) < 4.78 is 46.8. The van der Waals surface area contributed by atoms with Crippen LogP contribution in [0.4, 0.5) is 22.8 Å².